The van der Waals surface area contributed by atoms with Gasteiger partial charge in [0.25, 0.3) is 0 Å². The fourth-order valence-corrected chi connectivity index (χ4v) is 5.83. The molecule has 11 heteroatoms. The van der Waals surface area contributed by atoms with Crippen LogP contribution >= 0.6 is 11.3 Å². The number of H-pyrrole nitrogens is 1. The van der Waals surface area contributed by atoms with Gasteiger partial charge in [0.05, 0.1) is 30.7 Å². The molecule has 1 aliphatic rings. The Bertz CT molecular complexity index is 1370. The molecule has 2 N–H and O–H groups in total. The average molecular weight is 495 g/mol. The lowest BCUT2D eigenvalue weighted by atomic mass is 9.96. The monoisotopic (exact) mass is 494 g/mol. The Morgan fingerprint density at radius 3 is 2.97 bits per heavy atom. The van der Waals surface area contributed by atoms with Crippen LogP contribution in [0.4, 0.5) is 0 Å². The number of hydrogen-bond acceptors (Lipinski definition) is 8. The summed E-state index contributed by atoms with van der Waals surface area (Å²) < 4.78 is 7.26. The van der Waals surface area contributed by atoms with Gasteiger partial charge in [-0.3, -0.25) is 9.89 Å². The van der Waals surface area contributed by atoms with E-state index >= 15 is 0 Å². The minimum Gasteiger partial charge on any atom is -0.493 e. The normalized spacial score (nSPS) is 15.7. The number of likely N-dealkylation sites (N-methyl/N-ethyl adjacent to an activating group) is 1. The van der Waals surface area contributed by atoms with Crippen molar-refractivity contribution in [2.24, 2.45) is 0 Å². The largest absolute Gasteiger partial charge is 0.493 e. The first-order valence-corrected chi connectivity index (χ1v) is 12.5. The molecule has 0 saturated heterocycles. The predicted octanol–water partition coefficient (Wildman–Crippen LogP) is 2.91. The summed E-state index contributed by atoms with van der Waals surface area (Å²) in [5.74, 6) is 0.926. The molecule has 0 saturated carbocycles. The summed E-state index contributed by atoms with van der Waals surface area (Å²) in [6, 6.07) is 2.09. The summed E-state index contributed by atoms with van der Waals surface area (Å²) in [7, 11) is 5.43. The Balaban J connectivity index is 1.46. The first-order chi connectivity index (χ1) is 16.8. The first kappa shape index (κ1) is 23.4. The van der Waals surface area contributed by atoms with E-state index in [1.807, 2.05) is 31.3 Å². The van der Waals surface area contributed by atoms with Crippen LogP contribution in [0.25, 0.3) is 27.6 Å². The van der Waals surface area contributed by atoms with Gasteiger partial charge in [-0.05, 0) is 38.9 Å². The van der Waals surface area contributed by atoms with Gasteiger partial charge in [0.2, 0.25) is 5.91 Å². The quantitative estimate of drug-likeness (QED) is 0.406. The molecule has 1 atom stereocenters. The average Bonchev–Trinajstić information content (AvgIpc) is 3.54. The highest BCUT2D eigenvalue weighted by atomic mass is 32.1. The molecule has 0 fully saturated rings. The van der Waals surface area contributed by atoms with Crippen molar-refractivity contribution in [2.75, 3.05) is 27.7 Å². The van der Waals surface area contributed by atoms with Crippen molar-refractivity contribution in [1.82, 2.24) is 40.0 Å². The Kier molecular flexibility index (Phi) is 6.28. The van der Waals surface area contributed by atoms with Crippen LogP contribution in [0.2, 0.25) is 0 Å². The highest BCUT2D eigenvalue weighted by molar-refractivity contribution is 7.15. The van der Waals surface area contributed by atoms with Crippen LogP contribution < -0.4 is 10.1 Å². The van der Waals surface area contributed by atoms with Gasteiger partial charge in [0, 0.05) is 34.7 Å². The van der Waals surface area contributed by atoms with E-state index < -0.39 is 0 Å². The Labute approximate surface area is 207 Å². The Morgan fingerprint density at radius 1 is 1.40 bits per heavy atom. The van der Waals surface area contributed by atoms with Gasteiger partial charge < -0.3 is 15.0 Å². The van der Waals surface area contributed by atoms with Gasteiger partial charge in [0.15, 0.2) is 11.4 Å². The zero-order valence-electron chi connectivity index (χ0n) is 20.6. The third-order valence-corrected chi connectivity index (χ3v) is 7.33. The molecule has 1 amide bonds. The van der Waals surface area contributed by atoms with E-state index in [0.717, 1.165) is 52.5 Å². The number of carbonyl (C=O) groups excluding carboxylic acids is 1. The lowest BCUT2D eigenvalue weighted by Gasteiger charge is -2.23. The first-order valence-electron chi connectivity index (χ1n) is 11.7. The van der Waals surface area contributed by atoms with E-state index in [9.17, 15) is 4.79 Å². The minimum atomic E-state index is 0.0632. The van der Waals surface area contributed by atoms with E-state index in [1.165, 1.54) is 11.2 Å². The second-order valence-electron chi connectivity index (χ2n) is 9.47. The predicted molar refractivity (Wildman–Crippen MR) is 135 cm³/mol. The smallest absolute Gasteiger partial charge is 0.234 e. The lowest BCUT2D eigenvalue weighted by molar-refractivity contribution is -0.122. The summed E-state index contributed by atoms with van der Waals surface area (Å²) in [6.45, 7) is 4.72. The topological polar surface area (TPSA) is 113 Å². The number of pyridine rings is 1. The molecule has 0 aromatic carbocycles. The number of thiazole rings is 1. The van der Waals surface area contributed by atoms with Crippen LogP contribution in [0.1, 0.15) is 42.3 Å². The van der Waals surface area contributed by atoms with Gasteiger partial charge in [-0.1, -0.05) is 13.8 Å². The second kappa shape index (κ2) is 9.38. The number of carbonyl (C=O) groups is 1. The van der Waals surface area contributed by atoms with Crippen molar-refractivity contribution in [3.63, 3.8) is 0 Å². The molecule has 4 aromatic rings. The van der Waals surface area contributed by atoms with Gasteiger partial charge >= 0.3 is 0 Å². The maximum Gasteiger partial charge on any atom is 0.234 e. The summed E-state index contributed by atoms with van der Waals surface area (Å²) in [5, 5.41) is 16.4. The molecule has 1 aliphatic carbocycles. The standard InChI is InChI=1S/C24H30N8O2S/c1-13(2)20-21(14-8-17(34-5)23-25-12-26-32(23)10-14)29-30-22(20)24-28-16-7-6-15(9-18(16)35-24)27-19(33)11-31(3)4/h8,10,12-13,15H,6-7,9,11H2,1-5H3,(H,27,33)(H,29,30). The van der Waals surface area contributed by atoms with Gasteiger partial charge in [-0.2, -0.15) is 10.2 Å². The number of nitrogens with one attached hydrogen (secondary N) is 2. The molecule has 10 nitrogen and oxygen atoms in total. The van der Waals surface area contributed by atoms with Gasteiger partial charge in [-0.25, -0.2) is 14.5 Å². The molecule has 0 spiro atoms. The van der Waals surface area contributed by atoms with E-state index in [1.54, 1.807) is 23.0 Å². The van der Waals surface area contributed by atoms with Crippen molar-refractivity contribution in [2.45, 2.75) is 45.1 Å². The summed E-state index contributed by atoms with van der Waals surface area (Å²) in [6.07, 6.45) is 6.00. The molecule has 184 valence electrons. The third kappa shape index (κ3) is 4.53. The molecule has 0 bridgehead atoms. The third-order valence-electron chi connectivity index (χ3n) is 6.19. The van der Waals surface area contributed by atoms with Crippen LogP contribution in [-0.2, 0) is 17.6 Å². The van der Waals surface area contributed by atoms with E-state index in [0.29, 0.717) is 17.9 Å². The molecular formula is C24H30N8O2S. The molecule has 1 unspecified atom stereocenters. The highest BCUT2D eigenvalue weighted by Crippen LogP contribution is 2.40. The Hall–Kier alpha value is -3.31. The summed E-state index contributed by atoms with van der Waals surface area (Å²) in [4.78, 5) is 24.6. The highest BCUT2D eigenvalue weighted by Gasteiger charge is 2.27. The van der Waals surface area contributed by atoms with Crippen molar-refractivity contribution >= 4 is 22.9 Å². The number of methoxy groups -OCH3 is 1. The van der Waals surface area contributed by atoms with Crippen LogP contribution in [-0.4, -0.2) is 74.4 Å². The number of rotatable bonds is 7. The number of amides is 1. The fraction of sp³-hybridized carbons (Fsp3) is 0.458. The summed E-state index contributed by atoms with van der Waals surface area (Å²) >= 11 is 1.69. The van der Waals surface area contributed by atoms with Crippen LogP contribution in [0.15, 0.2) is 18.6 Å². The van der Waals surface area contributed by atoms with Crippen molar-refractivity contribution in [3.8, 4) is 27.7 Å². The van der Waals surface area contributed by atoms with Crippen molar-refractivity contribution < 1.29 is 9.53 Å². The molecular weight excluding hydrogens is 464 g/mol. The number of aromatic amines is 1. The zero-order chi connectivity index (χ0) is 24.7. The molecule has 5 rings (SSSR count). The van der Waals surface area contributed by atoms with Gasteiger partial charge in [0.1, 0.15) is 11.3 Å². The van der Waals surface area contributed by atoms with Crippen LogP contribution in [0, 0.1) is 0 Å². The number of hydrogen-bond donors (Lipinski definition) is 2. The molecule has 0 radical (unpaired) electrons. The number of aromatic nitrogens is 6. The number of aryl methyl sites for hydroxylation is 1. The van der Waals surface area contributed by atoms with E-state index in [-0.39, 0.29) is 17.9 Å². The lowest BCUT2D eigenvalue weighted by Crippen LogP contribution is -2.42. The minimum absolute atomic E-state index is 0.0632. The van der Waals surface area contributed by atoms with E-state index in [4.69, 9.17) is 14.8 Å². The van der Waals surface area contributed by atoms with Crippen LogP contribution in [0.3, 0.4) is 0 Å². The van der Waals surface area contributed by atoms with E-state index in [2.05, 4.69) is 34.3 Å². The number of nitrogens with zero attached hydrogens (tertiary/aromatic N) is 6. The molecule has 35 heavy (non-hydrogen) atoms. The maximum absolute atomic E-state index is 12.2. The van der Waals surface area contributed by atoms with Crippen molar-refractivity contribution in [3.05, 3.63) is 34.7 Å². The molecule has 4 aromatic heterocycles. The SMILES string of the molecule is COc1cc(-c2n[nH]c(-c3nc4c(s3)CC(NC(=O)CN(C)C)CC4)c2C(C)C)cn2ncnc12. The Morgan fingerprint density at radius 2 is 2.23 bits per heavy atom. The van der Waals surface area contributed by atoms with Crippen LogP contribution in [0.5, 0.6) is 5.75 Å². The number of ether oxygens (including phenoxy) is 1. The number of fused-ring (bicyclic) bond motifs is 2. The molecule has 0 aliphatic heterocycles. The maximum atomic E-state index is 12.2. The fourth-order valence-electron chi connectivity index (χ4n) is 4.64. The van der Waals surface area contributed by atoms with Crippen molar-refractivity contribution in [1.29, 1.82) is 0 Å². The van der Waals surface area contributed by atoms with Gasteiger partial charge in [-0.15, -0.1) is 11.3 Å². The summed E-state index contributed by atoms with van der Waals surface area (Å²) in [5.41, 5.74) is 5.59. The molecule has 4 heterocycles. The zero-order valence-corrected chi connectivity index (χ0v) is 21.4. The second-order valence-corrected chi connectivity index (χ2v) is 10.6.